The molecule has 1 aliphatic carbocycles. The van der Waals surface area contributed by atoms with Crippen LogP contribution in [0.15, 0.2) is 15.9 Å². The number of alkyl halides is 3. The van der Waals surface area contributed by atoms with E-state index in [1.54, 1.807) is 11.3 Å². The third kappa shape index (κ3) is 3.98. The van der Waals surface area contributed by atoms with Gasteiger partial charge in [0.05, 0.1) is 5.92 Å². The molecule has 0 aliphatic heterocycles. The average molecular weight is 370 g/mol. The molecule has 1 nitrogen and oxygen atoms in total. The van der Waals surface area contributed by atoms with Gasteiger partial charge < -0.3 is 5.32 Å². The first-order valence-electron chi connectivity index (χ1n) is 6.87. The summed E-state index contributed by atoms with van der Waals surface area (Å²) < 4.78 is 39.2. The van der Waals surface area contributed by atoms with Crippen LogP contribution in [-0.4, -0.2) is 19.3 Å². The Hall–Kier alpha value is -0.0700. The van der Waals surface area contributed by atoms with Crippen LogP contribution in [0.5, 0.6) is 0 Å². The molecule has 0 aromatic carbocycles. The summed E-state index contributed by atoms with van der Waals surface area (Å²) in [6.07, 6.45) is -1.25. The van der Waals surface area contributed by atoms with Crippen LogP contribution in [0, 0.1) is 11.8 Å². The molecule has 20 heavy (non-hydrogen) atoms. The first kappa shape index (κ1) is 16.3. The third-order valence-corrected chi connectivity index (χ3v) is 6.22. The van der Waals surface area contributed by atoms with Crippen molar-refractivity contribution in [3.8, 4) is 0 Å². The number of likely N-dealkylation sites (N-methyl/N-ethyl adjacent to an activating group) is 1. The van der Waals surface area contributed by atoms with Crippen LogP contribution < -0.4 is 5.32 Å². The number of rotatable bonds is 4. The fraction of sp³-hybridized carbons (Fsp3) is 0.714. The van der Waals surface area contributed by atoms with E-state index >= 15 is 0 Å². The molecule has 1 fully saturated rings. The molecule has 1 aromatic rings. The summed E-state index contributed by atoms with van der Waals surface area (Å²) in [4.78, 5) is 1.27. The van der Waals surface area contributed by atoms with Crippen molar-refractivity contribution in [3.05, 3.63) is 20.8 Å². The predicted molar refractivity (Wildman–Crippen MR) is 80.1 cm³/mol. The minimum Gasteiger partial charge on any atom is -0.316 e. The smallest absolute Gasteiger partial charge is 0.316 e. The van der Waals surface area contributed by atoms with E-state index in [9.17, 15) is 13.2 Å². The molecule has 0 radical (unpaired) electrons. The summed E-state index contributed by atoms with van der Waals surface area (Å²) in [6.45, 7) is 0. The zero-order valence-electron chi connectivity index (χ0n) is 11.3. The van der Waals surface area contributed by atoms with Gasteiger partial charge in [0.1, 0.15) is 0 Å². The maximum Gasteiger partial charge on any atom is 0.391 e. The van der Waals surface area contributed by atoms with Crippen molar-refractivity contribution >= 4 is 27.3 Å². The first-order valence-corrected chi connectivity index (χ1v) is 8.55. The standard InChI is InChI=1S/C14H19BrF3NS/c1-19-12(8-13-11(15)6-7-20-13)9-2-4-10(5-3-9)14(16,17)18/h6-7,9-10,12,19H,2-5,8H2,1H3. The third-order valence-electron chi connectivity index (χ3n) is 4.27. The van der Waals surface area contributed by atoms with Crippen molar-refractivity contribution in [2.24, 2.45) is 11.8 Å². The van der Waals surface area contributed by atoms with Gasteiger partial charge in [0.15, 0.2) is 0 Å². The Morgan fingerprint density at radius 3 is 2.45 bits per heavy atom. The van der Waals surface area contributed by atoms with E-state index in [1.165, 1.54) is 4.88 Å². The van der Waals surface area contributed by atoms with Crippen molar-refractivity contribution in [1.82, 2.24) is 5.32 Å². The van der Waals surface area contributed by atoms with Crippen LogP contribution in [0.25, 0.3) is 0 Å². The van der Waals surface area contributed by atoms with Gasteiger partial charge in [-0.1, -0.05) is 0 Å². The molecule has 1 atom stereocenters. The molecule has 0 amide bonds. The van der Waals surface area contributed by atoms with E-state index < -0.39 is 12.1 Å². The Morgan fingerprint density at radius 1 is 1.35 bits per heavy atom. The Kier molecular flexibility index (Phi) is 5.54. The summed E-state index contributed by atoms with van der Waals surface area (Å²) in [5.74, 6) is -0.752. The van der Waals surface area contributed by atoms with Gasteiger partial charge in [0, 0.05) is 15.4 Å². The summed E-state index contributed by atoms with van der Waals surface area (Å²) in [6, 6.07) is 2.28. The zero-order valence-corrected chi connectivity index (χ0v) is 13.7. The summed E-state index contributed by atoms with van der Waals surface area (Å²) in [5.41, 5.74) is 0. The van der Waals surface area contributed by atoms with Gasteiger partial charge in [-0.25, -0.2) is 0 Å². The number of halogens is 4. The fourth-order valence-corrected chi connectivity index (χ4v) is 4.60. The van der Waals surface area contributed by atoms with Gasteiger partial charge >= 0.3 is 6.18 Å². The second-order valence-corrected chi connectivity index (χ2v) is 7.30. The highest BCUT2D eigenvalue weighted by atomic mass is 79.9. The lowest BCUT2D eigenvalue weighted by Gasteiger charge is -2.34. The van der Waals surface area contributed by atoms with Crippen LogP contribution >= 0.6 is 27.3 Å². The van der Waals surface area contributed by atoms with Crippen LogP contribution in [0.3, 0.4) is 0 Å². The second-order valence-electron chi connectivity index (χ2n) is 5.44. The molecule has 0 saturated heterocycles. The maximum absolute atomic E-state index is 12.7. The Balaban J connectivity index is 1.92. The van der Waals surface area contributed by atoms with Crippen molar-refractivity contribution in [3.63, 3.8) is 0 Å². The van der Waals surface area contributed by atoms with Crippen molar-refractivity contribution in [2.75, 3.05) is 7.05 Å². The van der Waals surface area contributed by atoms with E-state index in [0.717, 1.165) is 10.9 Å². The molecule has 0 spiro atoms. The van der Waals surface area contributed by atoms with Gasteiger partial charge in [-0.3, -0.25) is 0 Å². The summed E-state index contributed by atoms with van der Waals surface area (Å²) in [5, 5.41) is 5.33. The lowest BCUT2D eigenvalue weighted by Crippen LogP contribution is -2.39. The number of nitrogens with one attached hydrogen (secondary N) is 1. The van der Waals surface area contributed by atoms with Crippen LogP contribution in [0.1, 0.15) is 30.6 Å². The van der Waals surface area contributed by atoms with E-state index in [0.29, 0.717) is 18.8 Å². The Labute approximate surface area is 130 Å². The van der Waals surface area contributed by atoms with Gasteiger partial charge in [-0.05, 0) is 72.4 Å². The molecule has 1 N–H and O–H groups in total. The van der Waals surface area contributed by atoms with Crippen LogP contribution in [0.2, 0.25) is 0 Å². The number of thiophene rings is 1. The first-order chi connectivity index (χ1) is 9.41. The number of hydrogen-bond acceptors (Lipinski definition) is 2. The maximum atomic E-state index is 12.7. The van der Waals surface area contributed by atoms with Crippen molar-refractivity contribution in [2.45, 2.75) is 44.3 Å². The van der Waals surface area contributed by atoms with Crippen LogP contribution in [-0.2, 0) is 6.42 Å². The van der Waals surface area contributed by atoms with E-state index in [1.807, 2.05) is 18.5 Å². The topological polar surface area (TPSA) is 12.0 Å². The van der Waals surface area contributed by atoms with Gasteiger partial charge in [-0.2, -0.15) is 13.2 Å². The molecule has 1 aliphatic rings. The molecular formula is C14H19BrF3NS. The van der Waals surface area contributed by atoms with Gasteiger partial charge in [-0.15, -0.1) is 11.3 Å². The highest BCUT2D eigenvalue weighted by molar-refractivity contribution is 9.10. The van der Waals surface area contributed by atoms with E-state index in [2.05, 4.69) is 21.2 Å². The second kappa shape index (κ2) is 6.79. The SMILES string of the molecule is CNC(Cc1sccc1Br)C1CCC(C(F)(F)F)CC1. The van der Waals surface area contributed by atoms with Crippen LogP contribution in [0.4, 0.5) is 13.2 Å². The molecule has 1 unspecified atom stereocenters. The molecule has 1 heterocycles. The minimum atomic E-state index is -4.02. The Morgan fingerprint density at radius 2 is 2.00 bits per heavy atom. The van der Waals surface area contributed by atoms with E-state index in [4.69, 9.17) is 0 Å². The molecule has 6 heteroatoms. The van der Waals surface area contributed by atoms with Gasteiger partial charge in [0.25, 0.3) is 0 Å². The normalized spacial score (nSPS) is 25.6. The molecule has 2 rings (SSSR count). The summed E-state index contributed by atoms with van der Waals surface area (Å²) >= 11 is 5.21. The summed E-state index contributed by atoms with van der Waals surface area (Å²) in [7, 11) is 1.90. The zero-order chi connectivity index (χ0) is 14.8. The molecule has 114 valence electrons. The highest BCUT2D eigenvalue weighted by Gasteiger charge is 2.42. The lowest BCUT2D eigenvalue weighted by molar-refractivity contribution is -0.184. The highest BCUT2D eigenvalue weighted by Crippen LogP contribution is 2.41. The lowest BCUT2D eigenvalue weighted by atomic mass is 9.77. The van der Waals surface area contributed by atoms with Gasteiger partial charge in [0.2, 0.25) is 0 Å². The minimum absolute atomic E-state index is 0.263. The molecule has 1 aromatic heterocycles. The molecule has 1 saturated carbocycles. The monoisotopic (exact) mass is 369 g/mol. The van der Waals surface area contributed by atoms with Crippen molar-refractivity contribution in [1.29, 1.82) is 0 Å². The van der Waals surface area contributed by atoms with E-state index in [-0.39, 0.29) is 18.9 Å². The number of hydrogen-bond donors (Lipinski definition) is 1. The molecule has 0 bridgehead atoms. The fourth-order valence-electron chi connectivity index (χ4n) is 3.02. The predicted octanol–water partition coefficient (Wildman–Crippen LogP) is 5.01. The Bertz CT molecular complexity index is 424. The van der Waals surface area contributed by atoms with Crippen molar-refractivity contribution < 1.29 is 13.2 Å². The average Bonchev–Trinajstić information content (AvgIpc) is 2.80. The largest absolute Gasteiger partial charge is 0.391 e. The quantitative estimate of drug-likeness (QED) is 0.786. The molecular weight excluding hydrogens is 351 g/mol.